The van der Waals surface area contributed by atoms with Crippen LogP contribution in [0.4, 0.5) is 11.4 Å². The van der Waals surface area contributed by atoms with Gasteiger partial charge in [-0.1, -0.05) is 147 Å². The Hall–Kier alpha value is -6.68. The Labute approximate surface area is 366 Å². The molecule has 0 bridgehead atoms. The molecule has 4 nitrogen and oxygen atoms in total. The zero-order valence-corrected chi connectivity index (χ0v) is 35.2. The first-order valence-corrected chi connectivity index (χ1v) is 19.4. The van der Waals surface area contributed by atoms with Crippen LogP contribution < -0.4 is 0 Å². The van der Waals surface area contributed by atoms with Crippen LogP contribution in [0.15, 0.2) is 206 Å². The first-order valence-electron chi connectivity index (χ1n) is 19.4. The third-order valence-corrected chi connectivity index (χ3v) is 9.88. The normalized spacial score (nSPS) is 10.5. The molecule has 2 heterocycles. The summed E-state index contributed by atoms with van der Waals surface area (Å²) in [5, 5.41) is 17.3. The fraction of sp³-hybridized carbons (Fsp3) is 0.0370. The molecular formula is C54H42N4Zr. The van der Waals surface area contributed by atoms with E-state index in [0.29, 0.717) is 13.1 Å². The van der Waals surface area contributed by atoms with Gasteiger partial charge in [-0.25, -0.2) is 0 Å². The van der Waals surface area contributed by atoms with Crippen molar-refractivity contribution in [3.05, 3.63) is 253 Å². The summed E-state index contributed by atoms with van der Waals surface area (Å²) < 4.78 is 0. The second-order valence-corrected chi connectivity index (χ2v) is 14.0. The number of hydrogen-bond acceptors (Lipinski definition) is 2. The molecule has 282 valence electrons. The molecular weight excluding hydrogens is 796 g/mol. The minimum Gasteiger partial charge on any atom is -0.679 e. The Kier molecular flexibility index (Phi) is 13.5. The Morgan fingerprint density at radius 2 is 0.678 bits per heavy atom. The Balaban J connectivity index is 0.000000298. The zero-order chi connectivity index (χ0) is 39.5. The van der Waals surface area contributed by atoms with E-state index < -0.39 is 0 Å². The monoisotopic (exact) mass is 836 g/mol. The predicted molar refractivity (Wildman–Crippen MR) is 246 cm³/mol. The molecule has 2 aromatic heterocycles. The molecule has 0 aliphatic heterocycles. The van der Waals surface area contributed by atoms with Gasteiger partial charge in [-0.05, 0) is 56.9 Å². The van der Waals surface area contributed by atoms with Crippen LogP contribution in [0.3, 0.4) is 0 Å². The quantitative estimate of drug-likeness (QED) is 0.150. The molecule has 8 aromatic carbocycles. The topological polar surface area (TPSA) is 54.0 Å². The van der Waals surface area contributed by atoms with E-state index in [-0.39, 0.29) is 26.2 Å². The molecule has 0 saturated heterocycles. The van der Waals surface area contributed by atoms with Gasteiger partial charge in [-0.3, -0.25) is 9.97 Å². The van der Waals surface area contributed by atoms with Gasteiger partial charge in [-0.15, -0.1) is 35.6 Å². The standard InChI is InChI=1S/C40H28N4.2C7H7.Zr/c1-5-13-33-27(9-1)19-23-37(41-25-31-21-17-29-11-3-7-15-35(29)43-31)39(33)40-34-14-6-2-10-28(34)20-24-38(40)42-26-32-22-18-30-12-4-8-16-36(30)44-32;2*1-7-5-3-2-4-6-7;/h1-24H,25-26H2;2*2-6H,1H2;/q-2;2*-1;+4. The SMILES string of the molecule is [CH2-]c1ccccc1.[CH2-]c1ccccc1.[Zr+4].c1ccc2nc(C[N-]c3ccc4ccccc4c3-c3c([N-]Cc4ccc5ccccc5n4)ccc4ccccc34)ccc2c1. The average molecular weight is 838 g/mol. The number of hydrogen-bond donors (Lipinski definition) is 0. The van der Waals surface area contributed by atoms with Crippen LogP contribution in [0.5, 0.6) is 0 Å². The van der Waals surface area contributed by atoms with Gasteiger partial charge in [-0.2, -0.15) is 49.2 Å². The molecule has 0 N–H and O–H groups in total. The van der Waals surface area contributed by atoms with E-state index in [1.807, 2.05) is 84.9 Å². The van der Waals surface area contributed by atoms with Crippen molar-refractivity contribution in [1.82, 2.24) is 9.97 Å². The molecule has 0 atom stereocenters. The maximum absolute atomic E-state index is 5.19. The van der Waals surface area contributed by atoms with Crippen molar-refractivity contribution in [2.45, 2.75) is 13.1 Å². The van der Waals surface area contributed by atoms with Gasteiger partial charge >= 0.3 is 26.2 Å². The van der Waals surface area contributed by atoms with Crippen molar-refractivity contribution in [1.29, 1.82) is 0 Å². The predicted octanol–water partition coefficient (Wildman–Crippen LogP) is 14.9. The van der Waals surface area contributed by atoms with E-state index in [4.69, 9.17) is 20.6 Å². The molecule has 0 aliphatic carbocycles. The van der Waals surface area contributed by atoms with Crippen LogP contribution in [-0.4, -0.2) is 9.97 Å². The minimum absolute atomic E-state index is 0. The van der Waals surface area contributed by atoms with Gasteiger partial charge in [0, 0.05) is 22.2 Å². The molecule has 10 aromatic rings. The van der Waals surface area contributed by atoms with Crippen molar-refractivity contribution >= 4 is 54.7 Å². The van der Waals surface area contributed by atoms with Crippen LogP contribution in [0, 0.1) is 13.8 Å². The molecule has 59 heavy (non-hydrogen) atoms. The van der Waals surface area contributed by atoms with E-state index in [0.717, 1.165) is 77.6 Å². The smallest absolute Gasteiger partial charge is 0.679 e. The number of fused-ring (bicyclic) bond motifs is 4. The van der Waals surface area contributed by atoms with Crippen molar-refractivity contribution < 1.29 is 26.2 Å². The van der Waals surface area contributed by atoms with Gasteiger partial charge < -0.3 is 10.6 Å². The largest absolute Gasteiger partial charge is 4.00 e. The van der Waals surface area contributed by atoms with E-state index in [1.54, 1.807) is 0 Å². The molecule has 0 radical (unpaired) electrons. The van der Waals surface area contributed by atoms with Crippen molar-refractivity contribution in [2.75, 3.05) is 0 Å². The zero-order valence-electron chi connectivity index (χ0n) is 32.7. The summed E-state index contributed by atoms with van der Waals surface area (Å²) in [5.74, 6) is 0. The fourth-order valence-electron chi connectivity index (χ4n) is 6.99. The number of benzene rings is 8. The molecule has 0 fully saturated rings. The number of aromatic nitrogens is 2. The van der Waals surface area contributed by atoms with Crippen LogP contribution in [0.25, 0.3) is 65.1 Å². The molecule has 0 spiro atoms. The molecule has 10 rings (SSSR count). The summed E-state index contributed by atoms with van der Waals surface area (Å²) in [6, 6.07) is 70.2. The summed E-state index contributed by atoms with van der Waals surface area (Å²) in [5.41, 5.74) is 10.0. The molecule has 0 unspecified atom stereocenters. The van der Waals surface area contributed by atoms with E-state index >= 15 is 0 Å². The Bertz CT molecular complexity index is 2730. The second-order valence-electron chi connectivity index (χ2n) is 14.0. The first kappa shape index (κ1) is 40.5. The fourth-order valence-corrected chi connectivity index (χ4v) is 6.99. The van der Waals surface area contributed by atoms with E-state index in [9.17, 15) is 0 Å². The second kappa shape index (κ2) is 19.7. The third kappa shape index (κ3) is 10.1. The minimum atomic E-state index is 0. The Morgan fingerprint density at radius 1 is 0.339 bits per heavy atom. The van der Waals surface area contributed by atoms with Gasteiger partial charge in [0.15, 0.2) is 0 Å². The summed E-state index contributed by atoms with van der Waals surface area (Å²) in [6.45, 7) is 8.40. The maximum atomic E-state index is 5.19. The average Bonchev–Trinajstić information content (AvgIpc) is 3.28. The van der Waals surface area contributed by atoms with Crippen molar-refractivity contribution in [2.24, 2.45) is 0 Å². The van der Waals surface area contributed by atoms with Crippen LogP contribution in [-0.2, 0) is 39.3 Å². The molecule has 0 saturated carbocycles. The number of nitrogens with zero attached hydrogens (tertiary/aromatic N) is 4. The van der Waals surface area contributed by atoms with E-state index in [1.165, 1.54) is 10.8 Å². The van der Waals surface area contributed by atoms with Gasteiger partial charge in [0.05, 0.1) is 11.0 Å². The van der Waals surface area contributed by atoms with Crippen LogP contribution in [0.2, 0.25) is 0 Å². The summed E-state index contributed by atoms with van der Waals surface area (Å²) in [4.78, 5) is 9.78. The van der Waals surface area contributed by atoms with Crippen LogP contribution >= 0.6 is 0 Å². The third-order valence-electron chi connectivity index (χ3n) is 9.88. The van der Waals surface area contributed by atoms with Crippen molar-refractivity contribution in [3.63, 3.8) is 0 Å². The first-order chi connectivity index (χ1) is 28.6. The number of pyridine rings is 2. The van der Waals surface area contributed by atoms with Gasteiger partial charge in [0.25, 0.3) is 0 Å². The molecule has 0 aliphatic rings. The number of para-hydroxylation sites is 2. The Morgan fingerprint density at radius 3 is 1.07 bits per heavy atom. The summed E-state index contributed by atoms with van der Waals surface area (Å²) in [7, 11) is 0. The summed E-state index contributed by atoms with van der Waals surface area (Å²) >= 11 is 0. The van der Waals surface area contributed by atoms with Gasteiger partial charge in [0.2, 0.25) is 0 Å². The maximum Gasteiger partial charge on any atom is 4.00 e. The summed E-state index contributed by atoms with van der Waals surface area (Å²) in [6.07, 6.45) is 0. The number of rotatable bonds is 7. The molecule has 0 amide bonds. The molecule has 5 heteroatoms. The van der Waals surface area contributed by atoms with Crippen molar-refractivity contribution in [3.8, 4) is 11.1 Å². The van der Waals surface area contributed by atoms with Crippen LogP contribution in [0.1, 0.15) is 22.5 Å². The van der Waals surface area contributed by atoms with Gasteiger partial charge in [0.1, 0.15) is 0 Å². The van der Waals surface area contributed by atoms with E-state index in [2.05, 4.69) is 135 Å².